The fourth-order valence-corrected chi connectivity index (χ4v) is 1.35. The maximum atomic E-state index is 10.3. The lowest BCUT2D eigenvalue weighted by molar-refractivity contribution is 0.811. The third-order valence-corrected chi connectivity index (χ3v) is 2.05. The van der Waals surface area contributed by atoms with Crippen LogP contribution >= 0.6 is 23.2 Å². The van der Waals surface area contributed by atoms with Crippen LogP contribution in [-0.2, 0) is 0 Å². The Bertz CT molecular complexity index is 359. The van der Waals surface area contributed by atoms with E-state index in [9.17, 15) is 4.91 Å². The molecule has 1 unspecified atom stereocenters. The molecule has 1 aromatic rings. The summed E-state index contributed by atoms with van der Waals surface area (Å²) >= 11 is 11.0. The van der Waals surface area contributed by atoms with Crippen molar-refractivity contribution in [2.45, 2.75) is 13.0 Å². The Morgan fingerprint density at radius 2 is 2.21 bits per heavy atom. The Kier molecular flexibility index (Phi) is 4.11. The molecule has 0 radical (unpaired) electrons. The minimum absolute atomic E-state index is 0.189. The van der Waals surface area contributed by atoms with E-state index in [0.717, 1.165) is 11.1 Å². The molecule has 0 aliphatic rings. The average molecular weight is 230 g/mol. The first kappa shape index (κ1) is 11.2. The summed E-state index contributed by atoms with van der Waals surface area (Å²) in [6.07, 6.45) is 1.62. The molecule has 0 bridgehead atoms. The van der Waals surface area contributed by atoms with E-state index in [1.54, 1.807) is 13.0 Å². The Labute approximate surface area is 92.5 Å². The normalized spacial score (nSPS) is 11.9. The minimum Gasteiger partial charge on any atom is -0.150 e. The highest BCUT2D eigenvalue weighted by molar-refractivity contribution is 6.57. The molecule has 0 N–H and O–H groups in total. The Morgan fingerprint density at radius 3 is 2.79 bits per heavy atom. The summed E-state index contributed by atoms with van der Waals surface area (Å²) in [5.41, 5.74) is 1.71. The summed E-state index contributed by atoms with van der Waals surface area (Å²) in [7, 11) is 0. The monoisotopic (exact) mass is 229 g/mol. The summed E-state index contributed by atoms with van der Waals surface area (Å²) in [6, 6.07) is 7.01. The molecule has 14 heavy (non-hydrogen) atoms. The van der Waals surface area contributed by atoms with Crippen LogP contribution < -0.4 is 0 Å². The van der Waals surface area contributed by atoms with Crippen LogP contribution in [0.1, 0.15) is 24.1 Å². The van der Waals surface area contributed by atoms with Gasteiger partial charge < -0.3 is 0 Å². The van der Waals surface area contributed by atoms with E-state index < -0.39 is 0 Å². The molecular weight excluding hydrogens is 221 g/mol. The molecule has 0 saturated carbocycles. The van der Waals surface area contributed by atoms with Crippen molar-refractivity contribution < 1.29 is 0 Å². The predicted octanol–water partition coefficient (Wildman–Crippen LogP) is 4.29. The fraction of sp³-hybridized carbons (Fsp3) is 0.200. The molecule has 0 spiro atoms. The van der Waals surface area contributed by atoms with Gasteiger partial charge in [-0.25, -0.2) is 0 Å². The van der Waals surface area contributed by atoms with Crippen LogP contribution in [0.2, 0.25) is 0 Å². The van der Waals surface area contributed by atoms with Crippen molar-refractivity contribution in [1.82, 2.24) is 0 Å². The number of nitroso groups, excluding NO2 is 1. The van der Waals surface area contributed by atoms with Gasteiger partial charge in [0.25, 0.3) is 0 Å². The maximum absolute atomic E-state index is 10.3. The van der Waals surface area contributed by atoms with Crippen LogP contribution in [0.5, 0.6) is 0 Å². The first-order chi connectivity index (χ1) is 6.63. The maximum Gasteiger partial charge on any atom is 0.114 e. The predicted molar refractivity (Wildman–Crippen MR) is 60.3 cm³/mol. The Balaban J connectivity index is 3.01. The summed E-state index contributed by atoms with van der Waals surface area (Å²) < 4.78 is 0.189. The highest BCUT2D eigenvalue weighted by atomic mass is 35.5. The molecule has 0 aromatic heterocycles. The molecule has 0 heterocycles. The Morgan fingerprint density at radius 1 is 1.50 bits per heavy atom. The van der Waals surface area contributed by atoms with Crippen LogP contribution in [0.4, 0.5) is 0 Å². The molecule has 0 aliphatic carbocycles. The topological polar surface area (TPSA) is 29.4 Å². The van der Waals surface area contributed by atoms with Crippen LogP contribution in [0.3, 0.4) is 0 Å². The van der Waals surface area contributed by atoms with E-state index >= 15 is 0 Å². The van der Waals surface area contributed by atoms with Gasteiger partial charge in [0.2, 0.25) is 0 Å². The lowest BCUT2D eigenvalue weighted by Crippen LogP contribution is -1.88. The molecule has 1 rings (SSSR count). The summed E-state index contributed by atoms with van der Waals surface area (Å²) in [4.78, 5) is 10.3. The second kappa shape index (κ2) is 5.13. The van der Waals surface area contributed by atoms with E-state index in [4.69, 9.17) is 23.2 Å². The summed E-state index contributed by atoms with van der Waals surface area (Å²) in [6.45, 7) is 1.73. The highest BCUT2D eigenvalue weighted by Crippen LogP contribution is 2.20. The second-order valence-corrected chi connectivity index (χ2v) is 3.89. The minimum atomic E-state index is -0.350. The van der Waals surface area contributed by atoms with Crippen molar-refractivity contribution in [3.8, 4) is 0 Å². The van der Waals surface area contributed by atoms with Crippen molar-refractivity contribution >= 4 is 29.3 Å². The lowest BCUT2D eigenvalue weighted by Gasteiger charge is -2.03. The lowest BCUT2D eigenvalue weighted by atomic mass is 10.1. The average Bonchev–Trinajstić information content (AvgIpc) is 2.16. The van der Waals surface area contributed by atoms with E-state index in [-0.39, 0.29) is 10.5 Å². The van der Waals surface area contributed by atoms with E-state index in [2.05, 4.69) is 5.18 Å². The van der Waals surface area contributed by atoms with Crippen LogP contribution in [0.25, 0.3) is 6.08 Å². The smallest absolute Gasteiger partial charge is 0.114 e. The van der Waals surface area contributed by atoms with Gasteiger partial charge >= 0.3 is 0 Å². The van der Waals surface area contributed by atoms with Crippen LogP contribution in [0.15, 0.2) is 33.9 Å². The summed E-state index contributed by atoms with van der Waals surface area (Å²) in [5.74, 6) is 0. The molecule has 0 amide bonds. The van der Waals surface area contributed by atoms with E-state index in [1.165, 1.54) is 0 Å². The van der Waals surface area contributed by atoms with Gasteiger partial charge in [0.05, 0.1) is 0 Å². The number of hydrogen-bond donors (Lipinski definition) is 0. The molecular formula is C10H9Cl2NO. The first-order valence-corrected chi connectivity index (χ1v) is 4.84. The molecule has 2 nitrogen and oxygen atoms in total. The van der Waals surface area contributed by atoms with E-state index in [1.807, 2.05) is 24.3 Å². The van der Waals surface area contributed by atoms with Crippen molar-refractivity contribution in [3.63, 3.8) is 0 Å². The van der Waals surface area contributed by atoms with Gasteiger partial charge in [-0.1, -0.05) is 46.6 Å². The molecule has 0 fully saturated rings. The molecule has 1 atom stereocenters. The van der Waals surface area contributed by atoms with Gasteiger partial charge in [0.15, 0.2) is 0 Å². The summed E-state index contributed by atoms with van der Waals surface area (Å²) in [5, 5.41) is 2.94. The third kappa shape index (κ3) is 3.13. The fourth-order valence-electron chi connectivity index (χ4n) is 1.10. The molecule has 4 heteroatoms. The first-order valence-electron chi connectivity index (χ1n) is 4.08. The van der Waals surface area contributed by atoms with E-state index in [0.29, 0.717) is 0 Å². The third-order valence-electron chi connectivity index (χ3n) is 1.83. The standard InChI is InChI=1S/C10H9Cl2NO/c1-7(13-14)9-4-2-3-8(5-9)6-10(11)12/h2-7H,1H3. The van der Waals surface area contributed by atoms with Crippen LogP contribution in [-0.4, -0.2) is 0 Å². The number of hydrogen-bond acceptors (Lipinski definition) is 2. The van der Waals surface area contributed by atoms with Gasteiger partial charge in [-0.2, -0.15) is 4.91 Å². The number of nitrogens with zero attached hydrogens (tertiary/aromatic N) is 1. The van der Waals surface area contributed by atoms with Crippen molar-refractivity contribution in [2.75, 3.05) is 0 Å². The molecule has 74 valence electrons. The van der Waals surface area contributed by atoms with Crippen molar-refractivity contribution in [3.05, 3.63) is 44.8 Å². The van der Waals surface area contributed by atoms with Crippen molar-refractivity contribution in [2.24, 2.45) is 5.18 Å². The van der Waals surface area contributed by atoms with Gasteiger partial charge in [0.1, 0.15) is 10.5 Å². The molecule has 0 saturated heterocycles. The van der Waals surface area contributed by atoms with Gasteiger partial charge in [-0.3, -0.25) is 0 Å². The molecule has 1 aromatic carbocycles. The largest absolute Gasteiger partial charge is 0.150 e. The van der Waals surface area contributed by atoms with Gasteiger partial charge in [-0.05, 0) is 30.2 Å². The number of halogens is 2. The van der Waals surface area contributed by atoms with Gasteiger partial charge in [0, 0.05) is 0 Å². The zero-order chi connectivity index (χ0) is 10.6. The zero-order valence-corrected chi connectivity index (χ0v) is 9.09. The second-order valence-electron chi connectivity index (χ2n) is 2.89. The highest BCUT2D eigenvalue weighted by Gasteiger charge is 2.04. The quantitative estimate of drug-likeness (QED) is 0.712. The van der Waals surface area contributed by atoms with Gasteiger partial charge in [-0.15, -0.1) is 0 Å². The van der Waals surface area contributed by atoms with Crippen LogP contribution in [0, 0.1) is 4.91 Å². The zero-order valence-electron chi connectivity index (χ0n) is 7.58. The Hall–Kier alpha value is -0.860. The molecule has 0 aliphatic heterocycles. The SMILES string of the molecule is CC(N=O)c1cccc(C=C(Cl)Cl)c1. The number of rotatable bonds is 3. The van der Waals surface area contributed by atoms with Crippen molar-refractivity contribution in [1.29, 1.82) is 0 Å². The number of benzene rings is 1.